The Hall–Kier alpha value is -6.39. The van der Waals surface area contributed by atoms with Crippen molar-refractivity contribution in [2.24, 2.45) is 0 Å². The van der Waals surface area contributed by atoms with E-state index in [1.54, 1.807) is 0 Å². The highest BCUT2D eigenvalue weighted by atomic mass is 16.3. The van der Waals surface area contributed by atoms with Crippen LogP contribution < -0.4 is 0 Å². The molecule has 4 nitrogen and oxygen atoms in total. The monoisotopic (exact) mass is 601 g/mol. The smallest absolute Gasteiger partial charge is 0.228 e. The van der Waals surface area contributed by atoms with Crippen molar-refractivity contribution in [3.8, 4) is 34.0 Å². The van der Waals surface area contributed by atoms with Crippen molar-refractivity contribution >= 4 is 54.7 Å². The van der Waals surface area contributed by atoms with Gasteiger partial charge in [-0.25, -0.2) is 4.98 Å². The lowest BCUT2D eigenvalue weighted by molar-refractivity contribution is 0.621. The van der Waals surface area contributed by atoms with Crippen LogP contribution in [-0.2, 0) is 0 Å². The van der Waals surface area contributed by atoms with Crippen LogP contribution in [0.5, 0.6) is 0 Å². The van der Waals surface area contributed by atoms with Crippen LogP contribution in [0.3, 0.4) is 0 Å². The maximum absolute atomic E-state index is 6.64. The zero-order chi connectivity index (χ0) is 30.9. The average Bonchev–Trinajstić information content (AvgIpc) is 3.82. The van der Waals surface area contributed by atoms with Crippen molar-refractivity contribution in [2.75, 3.05) is 0 Å². The summed E-state index contributed by atoms with van der Waals surface area (Å²) in [7, 11) is 0. The third kappa shape index (κ3) is 3.85. The largest absolute Gasteiger partial charge is 0.436 e. The third-order valence-corrected chi connectivity index (χ3v) is 9.35. The van der Waals surface area contributed by atoms with Gasteiger partial charge in [-0.1, -0.05) is 97.1 Å². The molecule has 220 valence electrons. The minimum Gasteiger partial charge on any atom is -0.436 e. The van der Waals surface area contributed by atoms with E-state index in [1.807, 2.05) is 0 Å². The van der Waals surface area contributed by atoms with E-state index in [1.165, 1.54) is 32.8 Å². The fourth-order valence-electron chi connectivity index (χ4n) is 7.38. The molecule has 0 aliphatic carbocycles. The van der Waals surface area contributed by atoms with Gasteiger partial charge in [0.2, 0.25) is 5.89 Å². The number of oxazole rings is 1. The molecule has 0 atom stereocenters. The number of hydrogen-bond acceptors (Lipinski definition) is 2. The summed E-state index contributed by atoms with van der Waals surface area (Å²) < 4.78 is 11.3. The summed E-state index contributed by atoms with van der Waals surface area (Å²) in [6.45, 7) is 0. The summed E-state index contributed by atoms with van der Waals surface area (Å²) >= 11 is 0. The maximum atomic E-state index is 6.64. The van der Waals surface area contributed by atoms with Gasteiger partial charge in [-0.05, 0) is 77.9 Å². The molecule has 3 aromatic heterocycles. The first-order valence-electron chi connectivity index (χ1n) is 15.9. The molecular formula is C43H27N3O. The molecule has 4 heteroatoms. The second-order valence-electron chi connectivity index (χ2n) is 12.0. The molecular weight excluding hydrogens is 574 g/mol. The van der Waals surface area contributed by atoms with Crippen LogP contribution >= 0.6 is 0 Å². The molecule has 0 amide bonds. The zero-order valence-electron chi connectivity index (χ0n) is 25.3. The van der Waals surface area contributed by atoms with Crippen molar-refractivity contribution in [2.45, 2.75) is 0 Å². The third-order valence-electron chi connectivity index (χ3n) is 9.35. The summed E-state index contributed by atoms with van der Waals surface area (Å²) in [6.07, 6.45) is 0. The molecule has 7 aromatic carbocycles. The van der Waals surface area contributed by atoms with E-state index in [0.29, 0.717) is 5.89 Å². The van der Waals surface area contributed by atoms with Crippen molar-refractivity contribution in [1.82, 2.24) is 14.1 Å². The lowest BCUT2D eigenvalue weighted by atomic mass is 9.99. The molecule has 0 aliphatic rings. The Kier molecular flexibility index (Phi) is 5.54. The average molecular weight is 602 g/mol. The molecule has 0 fully saturated rings. The molecule has 0 radical (unpaired) electrons. The Bertz CT molecular complexity index is 2630. The molecule has 3 heterocycles. The number of rotatable bonds is 4. The van der Waals surface area contributed by atoms with Crippen LogP contribution in [0.2, 0.25) is 0 Å². The number of para-hydroxylation sites is 4. The lowest BCUT2D eigenvalue weighted by Gasteiger charge is -2.08. The number of fused-ring (bicyclic) bond motifs is 7. The van der Waals surface area contributed by atoms with Gasteiger partial charge in [0.25, 0.3) is 0 Å². The van der Waals surface area contributed by atoms with Crippen LogP contribution in [-0.4, -0.2) is 14.1 Å². The second kappa shape index (κ2) is 10.1. The Morgan fingerprint density at radius 1 is 0.426 bits per heavy atom. The summed E-state index contributed by atoms with van der Waals surface area (Å²) in [5.74, 6) is 0.623. The van der Waals surface area contributed by atoms with E-state index in [9.17, 15) is 0 Å². The summed E-state index contributed by atoms with van der Waals surface area (Å²) in [4.78, 5) is 5.03. The first-order chi connectivity index (χ1) is 23.3. The number of nitrogens with zero attached hydrogens (tertiary/aromatic N) is 3. The summed E-state index contributed by atoms with van der Waals surface area (Å²) in [5.41, 5.74) is 11.8. The van der Waals surface area contributed by atoms with E-state index in [2.05, 4.69) is 173 Å². The molecule has 0 bridgehead atoms. The van der Waals surface area contributed by atoms with E-state index in [4.69, 9.17) is 9.40 Å². The predicted octanol–water partition coefficient (Wildman–Crippen LogP) is 11.4. The number of benzene rings is 7. The van der Waals surface area contributed by atoms with Gasteiger partial charge in [0.15, 0.2) is 5.58 Å². The molecule has 10 rings (SSSR count). The molecule has 10 aromatic rings. The van der Waals surface area contributed by atoms with Crippen molar-refractivity contribution in [3.05, 3.63) is 164 Å². The van der Waals surface area contributed by atoms with Gasteiger partial charge in [-0.15, -0.1) is 0 Å². The van der Waals surface area contributed by atoms with Crippen LogP contribution in [0.25, 0.3) is 88.7 Å². The first kappa shape index (κ1) is 25.9. The van der Waals surface area contributed by atoms with Crippen LogP contribution in [0.15, 0.2) is 168 Å². The van der Waals surface area contributed by atoms with Crippen molar-refractivity contribution < 1.29 is 4.42 Å². The van der Waals surface area contributed by atoms with Gasteiger partial charge >= 0.3 is 0 Å². The van der Waals surface area contributed by atoms with Gasteiger partial charge in [-0.2, -0.15) is 0 Å². The molecule has 0 saturated carbocycles. The highest BCUT2D eigenvalue weighted by molar-refractivity contribution is 6.17. The highest BCUT2D eigenvalue weighted by Gasteiger charge is 2.20. The summed E-state index contributed by atoms with van der Waals surface area (Å²) in [6, 6.07) is 57.7. The predicted molar refractivity (Wildman–Crippen MR) is 194 cm³/mol. The minimum atomic E-state index is 0.623. The van der Waals surface area contributed by atoms with Gasteiger partial charge in [0.05, 0.1) is 22.1 Å². The van der Waals surface area contributed by atoms with E-state index in [0.717, 1.165) is 50.0 Å². The van der Waals surface area contributed by atoms with Gasteiger partial charge in [0, 0.05) is 38.5 Å². The Morgan fingerprint density at radius 2 is 0.936 bits per heavy atom. The quantitative estimate of drug-likeness (QED) is 0.201. The Morgan fingerprint density at radius 3 is 1.55 bits per heavy atom. The Balaban J connectivity index is 1.17. The first-order valence-corrected chi connectivity index (χ1v) is 15.9. The van der Waals surface area contributed by atoms with Crippen LogP contribution in [0, 0.1) is 0 Å². The number of hydrogen-bond donors (Lipinski definition) is 0. The molecule has 0 N–H and O–H groups in total. The minimum absolute atomic E-state index is 0.623. The molecule has 0 spiro atoms. The fraction of sp³-hybridized carbons (Fsp3) is 0. The Labute approximate surface area is 270 Å². The molecule has 0 unspecified atom stereocenters. The summed E-state index contributed by atoms with van der Waals surface area (Å²) in [5, 5.41) is 4.76. The van der Waals surface area contributed by atoms with Gasteiger partial charge in [0.1, 0.15) is 5.52 Å². The van der Waals surface area contributed by atoms with Gasteiger partial charge in [-0.3, -0.25) is 0 Å². The normalized spacial score (nSPS) is 11.8. The van der Waals surface area contributed by atoms with E-state index < -0.39 is 0 Å². The van der Waals surface area contributed by atoms with Crippen molar-refractivity contribution in [3.63, 3.8) is 0 Å². The second-order valence-corrected chi connectivity index (χ2v) is 12.0. The van der Waals surface area contributed by atoms with Gasteiger partial charge < -0.3 is 13.6 Å². The topological polar surface area (TPSA) is 35.9 Å². The highest BCUT2D eigenvalue weighted by Crippen LogP contribution is 2.41. The van der Waals surface area contributed by atoms with Crippen LogP contribution in [0.1, 0.15) is 0 Å². The number of aromatic nitrogens is 3. The van der Waals surface area contributed by atoms with E-state index >= 15 is 0 Å². The molecule has 0 aliphatic heterocycles. The standard InChI is InChI=1S/C43H27N3O/c1-3-13-29(14-4-1)45-36-21-9-7-17-32(36)41-31(19-11-23-38(41)45)28-25-26-35-40(27-28)47-43(44-35)34-20-12-24-39-42(34)33-18-8-10-22-37(33)46(39)30-15-5-2-6-16-30/h1-27H. The lowest BCUT2D eigenvalue weighted by Crippen LogP contribution is -1.92. The fourth-order valence-corrected chi connectivity index (χ4v) is 7.38. The maximum Gasteiger partial charge on any atom is 0.228 e. The SMILES string of the molecule is c1ccc(-n2c3ccccc3c3c(-c4ccc5nc(-c6cccc7c6c6ccccc6n7-c6ccccc6)oc5c4)cccc32)cc1. The van der Waals surface area contributed by atoms with Crippen LogP contribution in [0.4, 0.5) is 0 Å². The van der Waals surface area contributed by atoms with E-state index in [-0.39, 0.29) is 0 Å². The molecule has 0 saturated heterocycles. The molecule has 47 heavy (non-hydrogen) atoms. The van der Waals surface area contributed by atoms with Crippen molar-refractivity contribution in [1.29, 1.82) is 0 Å². The zero-order valence-corrected chi connectivity index (χ0v) is 25.3.